The molecule has 3 aromatic carbocycles. The van der Waals surface area contributed by atoms with E-state index in [2.05, 4.69) is 30.4 Å². The highest BCUT2D eigenvalue weighted by Crippen LogP contribution is 2.24. The van der Waals surface area contributed by atoms with Crippen LogP contribution in [0.1, 0.15) is 42.3 Å². The molecule has 3 aromatic rings. The Balaban J connectivity index is 1.31. The fourth-order valence-corrected chi connectivity index (χ4v) is 5.32. The Labute approximate surface area is 220 Å². The number of nitrogens with zero attached hydrogens (tertiary/aromatic N) is 2. The molecule has 37 heavy (non-hydrogen) atoms. The van der Waals surface area contributed by atoms with E-state index in [0.717, 1.165) is 35.7 Å². The average Bonchev–Trinajstić information content (AvgIpc) is 2.91. The van der Waals surface area contributed by atoms with Crippen molar-refractivity contribution in [3.05, 3.63) is 89.5 Å². The molecular formula is C29H35N3O4S. The number of hydrogen-bond acceptors (Lipinski definition) is 5. The summed E-state index contributed by atoms with van der Waals surface area (Å²) in [4.78, 5) is 17.4. The third-order valence-corrected chi connectivity index (χ3v) is 8.12. The molecule has 1 N–H and O–H groups in total. The smallest absolute Gasteiger partial charge is 0.253 e. The number of methoxy groups -OCH3 is 1. The van der Waals surface area contributed by atoms with Gasteiger partial charge >= 0.3 is 0 Å². The molecule has 196 valence electrons. The van der Waals surface area contributed by atoms with Crippen molar-refractivity contribution < 1.29 is 17.9 Å². The van der Waals surface area contributed by atoms with Crippen molar-refractivity contribution in [3.63, 3.8) is 0 Å². The fourth-order valence-electron chi connectivity index (χ4n) is 4.30. The van der Waals surface area contributed by atoms with E-state index in [1.807, 2.05) is 41.3 Å². The SMILES string of the molecule is COc1ccc(N2CCN(C(=O)c3ccc(CNS(=O)(=O)c4ccc(C(C)(C)C)cc4)cc3)CC2)cc1. The summed E-state index contributed by atoms with van der Waals surface area (Å²) in [6.07, 6.45) is 0. The highest BCUT2D eigenvalue weighted by atomic mass is 32.2. The van der Waals surface area contributed by atoms with Crippen molar-refractivity contribution in [2.75, 3.05) is 38.2 Å². The number of hydrogen-bond donors (Lipinski definition) is 1. The highest BCUT2D eigenvalue weighted by Gasteiger charge is 2.23. The summed E-state index contributed by atoms with van der Waals surface area (Å²) in [5, 5.41) is 0. The van der Waals surface area contributed by atoms with E-state index < -0.39 is 10.0 Å². The lowest BCUT2D eigenvalue weighted by molar-refractivity contribution is 0.0746. The molecule has 7 nitrogen and oxygen atoms in total. The van der Waals surface area contributed by atoms with Gasteiger partial charge in [0.05, 0.1) is 12.0 Å². The Morgan fingerprint density at radius 2 is 1.46 bits per heavy atom. The summed E-state index contributed by atoms with van der Waals surface area (Å²) in [6.45, 7) is 9.21. The molecule has 1 heterocycles. The largest absolute Gasteiger partial charge is 0.497 e. The molecule has 1 aliphatic heterocycles. The third-order valence-electron chi connectivity index (χ3n) is 6.70. The van der Waals surface area contributed by atoms with E-state index in [9.17, 15) is 13.2 Å². The molecule has 0 radical (unpaired) electrons. The standard InChI is InChI=1S/C29H35N3O4S/c1-29(2,3)24-9-15-27(16-10-24)37(34,35)30-21-22-5-7-23(8-6-22)28(33)32-19-17-31(18-20-32)25-11-13-26(36-4)14-12-25/h5-16,30H,17-21H2,1-4H3. The number of anilines is 1. The Morgan fingerprint density at radius 3 is 2.00 bits per heavy atom. The van der Waals surface area contributed by atoms with Gasteiger partial charge in [0, 0.05) is 44.0 Å². The van der Waals surface area contributed by atoms with Gasteiger partial charge in [-0.15, -0.1) is 0 Å². The van der Waals surface area contributed by atoms with Crippen LogP contribution in [-0.4, -0.2) is 52.5 Å². The first kappa shape index (κ1) is 26.7. The number of amides is 1. The van der Waals surface area contributed by atoms with E-state index in [1.165, 1.54) is 0 Å². The Hall–Kier alpha value is -3.36. The number of carbonyl (C=O) groups is 1. The molecule has 0 unspecified atom stereocenters. The fraction of sp³-hybridized carbons (Fsp3) is 0.345. The van der Waals surface area contributed by atoms with Crippen LogP contribution < -0.4 is 14.4 Å². The predicted molar refractivity (Wildman–Crippen MR) is 147 cm³/mol. The van der Waals surface area contributed by atoms with E-state index in [1.54, 1.807) is 43.5 Å². The maximum absolute atomic E-state index is 13.0. The van der Waals surface area contributed by atoms with Crippen molar-refractivity contribution in [3.8, 4) is 5.75 Å². The first-order valence-electron chi connectivity index (χ1n) is 12.4. The number of sulfonamides is 1. The summed E-state index contributed by atoms with van der Waals surface area (Å²) in [5.74, 6) is 0.809. The molecular weight excluding hydrogens is 486 g/mol. The minimum Gasteiger partial charge on any atom is -0.497 e. The van der Waals surface area contributed by atoms with Crippen LogP contribution in [-0.2, 0) is 22.0 Å². The van der Waals surface area contributed by atoms with Crippen molar-refractivity contribution in [1.82, 2.24) is 9.62 Å². The van der Waals surface area contributed by atoms with E-state index in [-0.39, 0.29) is 22.8 Å². The number of nitrogens with one attached hydrogen (secondary N) is 1. The summed E-state index contributed by atoms with van der Waals surface area (Å²) < 4.78 is 33.3. The molecule has 1 amide bonds. The van der Waals surface area contributed by atoms with Crippen molar-refractivity contribution >= 4 is 21.6 Å². The monoisotopic (exact) mass is 521 g/mol. The van der Waals surface area contributed by atoms with Crippen LogP contribution in [0.5, 0.6) is 5.75 Å². The van der Waals surface area contributed by atoms with Gasteiger partial charge in [-0.3, -0.25) is 4.79 Å². The molecule has 0 atom stereocenters. The quantitative estimate of drug-likeness (QED) is 0.498. The summed E-state index contributed by atoms with van der Waals surface area (Å²) in [6, 6.07) is 22.1. The van der Waals surface area contributed by atoms with Gasteiger partial charge in [-0.25, -0.2) is 13.1 Å². The van der Waals surface area contributed by atoms with Crippen LogP contribution in [0.4, 0.5) is 5.69 Å². The van der Waals surface area contributed by atoms with Gasteiger partial charge in [0.2, 0.25) is 10.0 Å². The molecule has 8 heteroatoms. The zero-order valence-electron chi connectivity index (χ0n) is 21.9. The summed E-state index contributed by atoms with van der Waals surface area (Å²) >= 11 is 0. The van der Waals surface area contributed by atoms with Crippen molar-refractivity contribution in [2.45, 2.75) is 37.6 Å². The van der Waals surface area contributed by atoms with Crippen LogP contribution in [0.3, 0.4) is 0 Å². The molecule has 0 saturated carbocycles. The maximum Gasteiger partial charge on any atom is 0.253 e. The van der Waals surface area contributed by atoms with Crippen LogP contribution >= 0.6 is 0 Å². The molecule has 1 aliphatic rings. The van der Waals surface area contributed by atoms with Gasteiger partial charge in [-0.05, 0) is 65.1 Å². The van der Waals surface area contributed by atoms with E-state index in [4.69, 9.17) is 4.74 Å². The van der Waals surface area contributed by atoms with E-state index in [0.29, 0.717) is 18.7 Å². The van der Waals surface area contributed by atoms with Crippen molar-refractivity contribution in [2.24, 2.45) is 0 Å². The number of benzene rings is 3. The molecule has 0 spiro atoms. The number of carbonyl (C=O) groups excluding carboxylic acids is 1. The molecule has 1 fully saturated rings. The van der Waals surface area contributed by atoms with Gasteiger partial charge in [0.1, 0.15) is 5.75 Å². The molecule has 0 aromatic heterocycles. The summed E-state index contributed by atoms with van der Waals surface area (Å²) in [7, 11) is -1.98. The van der Waals surface area contributed by atoms with Gasteiger partial charge in [0.25, 0.3) is 5.91 Å². The Bertz CT molecular complexity index is 1310. The van der Waals surface area contributed by atoms with Gasteiger partial charge in [0.15, 0.2) is 0 Å². The average molecular weight is 522 g/mol. The minimum absolute atomic E-state index is 0.0135. The van der Waals surface area contributed by atoms with Crippen LogP contribution in [0.2, 0.25) is 0 Å². The lowest BCUT2D eigenvalue weighted by atomic mass is 9.87. The van der Waals surface area contributed by atoms with Crippen LogP contribution in [0.15, 0.2) is 77.7 Å². The molecule has 0 bridgehead atoms. The van der Waals surface area contributed by atoms with Crippen LogP contribution in [0.25, 0.3) is 0 Å². The predicted octanol–water partition coefficient (Wildman–Crippen LogP) is 4.43. The Morgan fingerprint density at radius 1 is 0.865 bits per heavy atom. The van der Waals surface area contributed by atoms with Gasteiger partial charge < -0.3 is 14.5 Å². The van der Waals surface area contributed by atoms with Crippen LogP contribution in [0, 0.1) is 0 Å². The number of rotatable bonds is 7. The molecule has 0 aliphatic carbocycles. The second-order valence-electron chi connectivity index (χ2n) is 10.3. The number of ether oxygens (including phenoxy) is 1. The first-order valence-corrected chi connectivity index (χ1v) is 13.9. The molecule has 4 rings (SSSR count). The topological polar surface area (TPSA) is 79.0 Å². The van der Waals surface area contributed by atoms with Gasteiger partial charge in [-0.1, -0.05) is 45.0 Å². The normalized spacial score (nSPS) is 14.5. The highest BCUT2D eigenvalue weighted by molar-refractivity contribution is 7.89. The zero-order valence-corrected chi connectivity index (χ0v) is 22.7. The number of piperazine rings is 1. The first-order chi connectivity index (χ1) is 17.6. The third kappa shape index (κ3) is 6.50. The zero-order chi connectivity index (χ0) is 26.6. The van der Waals surface area contributed by atoms with Gasteiger partial charge in [-0.2, -0.15) is 0 Å². The van der Waals surface area contributed by atoms with E-state index >= 15 is 0 Å². The lowest BCUT2D eigenvalue weighted by Crippen LogP contribution is -2.48. The summed E-state index contributed by atoms with van der Waals surface area (Å²) in [5.41, 5.74) is 3.54. The van der Waals surface area contributed by atoms with Crippen molar-refractivity contribution in [1.29, 1.82) is 0 Å². The Kier molecular flexibility index (Phi) is 7.90. The minimum atomic E-state index is -3.63. The lowest BCUT2D eigenvalue weighted by Gasteiger charge is -2.36. The second kappa shape index (κ2) is 10.9. The second-order valence-corrected chi connectivity index (χ2v) is 12.0. The molecule has 1 saturated heterocycles. The maximum atomic E-state index is 13.0.